The monoisotopic (exact) mass is 593 g/mol. The van der Waals surface area contributed by atoms with E-state index in [4.69, 9.17) is 4.74 Å². The van der Waals surface area contributed by atoms with Crippen LogP contribution in [-0.4, -0.2) is 47.1 Å². The van der Waals surface area contributed by atoms with Gasteiger partial charge in [0.1, 0.15) is 6.61 Å². The molecule has 0 aromatic heterocycles. The molecule has 0 bridgehead atoms. The van der Waals surface area contributed by atoms with Gasteiger partial charge in [0, 0.05) is 25.3 Å². The second kappa shape index (κ2) is 17.8. The third-order valence-corrected chi connectivity index (χ3v) is 6.66. The number of carbonyl (C=O) groups excluding carboxylic acids is 5. The smallest absolute Gasteiger partial charge is 0.408 e. The second-order valence-corrected chi connectivity index (χ2v) is 12.3. The second-order valence-electron chi connectivity index (χ2n) is 12.3. The van der Waals surface area contributed by atoms with Gasteiger partial charge in [0.05, 0.1) is 6.04 Å². The summed E-state index contributed by atoms with van der Waals surface area (Å²) in [7, 11) is 0. The Bertz CT molecular complexity index is 1200. The highest BCUT2D eigenvalue weighted by molar-refractivity contribution is 6.36. The maximum Gasteiger partial charge on any atom is 0.408 e. The van der Waals surface area contributed by atoms with Gasteiger partial charge in [0.25, 0.3) is 0 Å². The number of hydrogen-bond donors (Lipinski definition) is 2. The van der Waals surface area contributed by atoms with Crippen molar-refractivity contribution in [1.29, 1.82) is 0 Å². The molecule has 2 rings (SSSR count). The maximum absolute atomic E-state index is 13.5. The van der Waals surface area contributed by atoms with Gasteiger partial charge < -0.3 is 10.1 Å². The summed E-state index contributed by atoms with van der Waals surface area (Å²) in [4.78, 5) is 65.6. The average molecular weight is 594 g/mol. The van der Waals surface area contributed by atoms with Crippen LogP contribution in [0.5, 0.6) is 0 Å². The van der Waals surface area contributed by atoms with Gasteiger partial charge in [-0.3, -0.25) is 24.6 Å². The van der Waals surface area contributed by atoms with E-state index in [0.29, 0.717) is 18.4 Å². The summed E-state index contributed by atoms with van der Waals surface area (Å²) in [5, 5.41) is 3.76. The van der Waals surface area contributed by atoms with Gasteiger partial charge in [-0.2, -0.15) is 0 Å². The lowest BCUT2D eigenvalue weighted by molar-refractivity contribution is -0.151. The van der Waals surface area contributed by atoms with Crippen LogP contribution in [0.2, 0.25) is 0 Å². The summed E-state index contributed by atoms with van der Waals surface area (Å²) in [6.07, 6.45) is -0.172. The first kappa shape index (κ1) is 35.2. The summed E-state index contributed by atoms with van der Waals surface area (Å²) in [6.45, 7) is 11.7. The van der Waals surface area contributed by atoms with Crippen molar-refractivity contribution in [1.82, 2.24) is 15.8 Å². The fourth-order valence-corrected chi connectivity index (χ4v) is 4.66. The number of nitrogens with zero attached hydrogens (tertiary/aromatic N) is 1. The number of ketones is 2. The van der Waals surface area contributed by atoms with Crippen LogP contribution in [0.1, 0.15) is 71.9 Å². The summed E-state index contributed by atoms with van der Waals surface area (Å²) >= 11 is 0. The molecular weight excluding hydrogens is 546 g/mol. The summed E-state index contributed by atoms with van der Waals surface area (Å²) in [5.74, 6) is -2.89. The Morgan fingerprint density at radius 2 is 1.30 bits per heavy atom. The molecular formula is C34H47N3O6. The van der Waals surface area contributed by atoms with Crippen molar-refractivity contribution in [3.8, 4) is 0 Å². The molecule has 43 heavy (non-hydrogen) atoms. The van der Waals surface area contributed by atoms with Gasteiger partial charge in [-0.25, -0.2) is 9.80 Å². The van der Waals surface area contributed by atoms with Crippen LogP contribution in [0.4, 0.5) is 4.79 Å². The zero-order valence-electron chi connectivity index (χ0n) is 26.3. The number of hydrazine groups is 1. The van der Waals surface area contributed by atoms with Crippen LogP contribution in [0.25, 0.3) is 0 Å². The number of amides is 3. The normalized spacial score (nSPS) is 12.5. The lowest BCUT2D eigenvalue weighted by Crippen LogP contribution is -2.53. The highest BCUT2D eigenvalue weighted by Crippen LogP contribution is 2.20. The predicted octanol–water partition coefficient (Wildman–Crippen LogP) is 5.28. The number of rotatable bonds is 16. The lowest BCUT2D eigenvalue weighted by Gasteiger charge is -2.28. The Balaban J connectivity index is 2.13. The molecule has 0 aliphatic carbocycles. The molecule has 0 saturated carbocycles. The van der Waals surface area contributed by atoms with Crippen molar-refractivity contribution in [2.75, 3.05) is 6.54 Å². The van der Waals surface area contributed by atoms with Gasteiger partial charge >= 0.3 is 12.0 Å². The van der Waals surface area contributed by atoms with E-state index in [1.54, 1.807) is 24.3 Å². The molecule has 3 amide bonds. The molecule has 9 nitrogen and oxygen atoms in total. The van der Waals surface area contributed by atoms with E-state index < -0.39 is 35.7 Å². The first-order valence-electron chi connectivity index (χ1n) is 15.0. The number of benzene rings is 2. The minimum atomic E-state index is -0.841. The van der Waals surface area contributed by atoms with Gasteiger partial charge in [-0.15, -0.1) is 0 Å². The largest absolute Gasteiger partial charge is 0.445 e. The molecule has 0 saturated heterocycles. The van der Waals surface area contributed by atoms with Crippen molar-refractivity contribution in [3.63, 3.8) is 0 Å². The third-order valence-electron chi connectivity index (χ3n) is 6.66. The number of alkyl carbamates (subject to hydrolysis) is 1. The SMILES string of the molecule is CC(C)C[C@H](CC(=O)[C@H](CC(C)C)NC(=O)OCc1ccccc1)C(=O)NN(CC(C)C)C(=O)C(=O)Cc1ccccc1. The quantitative estimate of drug-likeness (QED) is 0.202. The van der Waals surface area contributed by atoms with E-state index in [-0.39, 0.29) is 49.5 Å². The Labute approximate surface area is 255 Å². The van der Waals surface area contributed by atoms with Gasteiger partial charge in [-0.05, 0) is 41.7 Å². The Morgan fingerprint density at radius 3 is 1.84 bits per heavy atom. The van der Waals surface area contributed by atoms with Crippen LogP contribution < -0.4 is 10.7 Å². The molecule has 0 heterocycles. The van der Waals surface area contributed by atoms with Crippen LogP contribution in [-0.2, 0) is 36.9 Å². The van der Waals surface area contributed by atoms with Gasteiger partial charge in [0.2, 0.25) is 11.7 Å². The number of Topliss-reactive ketones (excluding diaryl/α,β-unsaturated/α-hetero) is 2. The fraction of sp³-hybridized carbons (Fsp3) is 0.500. The first-order chi connectivity index (χ1) is 20.3. The van der Waals surface area contributed by atoms with E-state index in [1.807, 2.05) is 77.9 Å². The predicted molar refractivity (Wildman–Crippen MR) is 165 cm³/mol. The fourth-order valence-electron chi connectivity index (χ4n) is 4.66. The molecule has 234 valence electrons. The Kier molecular flexibility index (Phi) is 14.6. The van der Waals surface area contributed by atoms with Crippen molar-refractivity contribution >= 4 is 29.5 Å². The van der Waals surface area contributed by atoms with Crippen LogP contribution in [0.3, 0.4) is 0 Å². The van der Waals surface area contributed by atoms with E-state index in [1.165, 1.54) is 0 Å². The van der Waals surface area contributed by atoms with Gasteiger partial charge in [-0.1, -0.05) is 102 Å². The van der Waals surface area contributed by atoms with Crippen molar-refractivity contribution in [3.05, 3.63) is 71.8 Å². The molecule has 0 aliphatic rings. The summed E-state index contributed by atoms with van der Waals surface area (Å²) in [5.41, 5.74) is 4.16. The Hall–Kier alpha value is -4.01. The molecule has 0 aliphatic heterocycles. The zero-order valence-corrected chi connectivity index (χ0v) is 26.3. The first-order valence-corrected chi connectivity index (χ1v) is 15.0. The minimum absolute atomic E-state index is 0.0273. The molecule has 0 unspecified atom stereocenters. The maximum atomic E-state index is 13.5. The van der Waals surface area contributed by atoms with Gasteiger partial charge in [0.15, 0.2) is 5.78 Å². The van der Waals surface area contributed by atoms with Crippen LogP contribution >= 0.6 is 0 Å². The van der Waals surface area contributed by atoms with Crippen LogP contribution in [0.15, 0.2) is 60.7 Å². The molecule has 2 aromatic rings. The van der Waals surface area contributed by atoms with E-state index in [9.17, 15) is 24.0 Å². The lowest BCUT2D eigenvalue weighted by atomic mass is 9.88. The number of hydrogen-bond acceptors (Lipinski definition) is 6. The molecule has 2 atom stereocenters. The number of nitrogens with one attached hydrogen (secondary N) is 2. The summed E-state index contributed by atoms with van der Waals surface area (Å²) < 4.78 is 5.33. The van der Waals surface area contributed by atoms with E-state index >= 15 is 0 Å². The summed E-state index contributed by atoms with van der Waals surface area (Å²) in [6, 6.07) is 17.3. The average Bonchev–Trinajstić information content (AvgIpc) is 2.95. The standard InChI is InChI=1S/C34H47N3O6/c1-23(2)17-28(20-30(38)29(18-24(3)4)35-34(42)43-22-27-15-11-8-12-16-27)32(40)36-37(21-25(5)6)33(41)31(39)19-26-13-9-7-10-14-26/h7-16,23-25,28-29H,17-22H2,1-6H3,(H,35,42)(H,36,40)/t28-,29+/m1/s1. The number of carbonyl (C=O) groups is 5. The molecule has 0 spiro atoms. The van der Waals surface area contributed by atoms with Crippen molar-refractivity contribution < 1.29 is 28.7 Å². The molecule has 2 N–H and O–H groups in total. The molecule has 2 aromatic carbocycles. The number of ether oxygens (including phenoxy) is 1. The topological polar surface area (TPSA) is 122 Å². The van der Waals surface area contributed by atoms with Crippen molar-refractivity contribution in [2.24, 2.45) is 23.7 Å². The molecule has 9 heteroatoms. The van der Waals surface area contributed by atoms with Crippen LogP contribution in [0, 0.1) is 23.7 Å². The molecule has 0 fully saturated rings. The third kappa shape index (κ3) is 13.2. The zero-order chi connectivity index (χ0) is 31.9. The molecule has 0 radical (unpaired) electrons. The highest BCUT2D eigenvalue weighted by Gasteiger charge is 2.32. The van der Waals surface area contributed by atoms with E-state index in [0.717, 1.165) is 10.6 Å². The van der Waals surface area contributed by atoms with Crippen molar-refractivity contribution in [2.45, 2.75) is 79.9 Å². The van der Waals surface area contributed by atoms with E-state index in [2.05, 4.69) is 10.7 Å². The highest BCUT2D eigenvalue weighted by atomic mass is 16.5. The Morgan fingerprint density at radius 1 is 0.744 bits per heavy atom. The minimum Gasteiger partial charge on any atom is -0.445 e.